The SMILES string of the molecule is Nc1ccc2c(c1)CN(CCc1cc(F)cc(F)c1)C2. The number of nitrogens with two attached hydrogens (primary N) is 1. The van der Waals surface area contributed by atoms with E-state index in [-0.39, 0.29) is 0 Å². The molecule has 2 nitrogen and oxygen atoms in total. The minimum atomic E-state index is -0.516. The van der Waals surface area contributed by atoms with Gasteiger partial charge in [-0.05, 0) is 47.4 Å². The standard InChI is InChI=1S/C16H16F2N2/c17-14-5-11(6-15(18)8-14)3-4-20-9-12-1-2-16(19)7-13(12)10-20/h1-2,5-8H,3-4,9-10,19H2. The minimum absolute atomic E-state index is 0.516. The number of hydrogen-bond donors (Lipinski definition) is 1. The number of benzene rings is 2. The third-order valence-electron chi connectivity index (χ3n) is 3.66. The zero-order valence-electron chi connectivity index (χ0n) is 11.1. The predicted octanol–water partition coefficient (Wildman–Crippen LogP) is 3.11. The lowest BCUT2D eigenvalue weighted by Crippen LogP contribution is -2.19. The number of hydrogen-bond acceptors (Lipinski definition) is 2. The molecule has 1 heterocycles. The zero-order valence-corrected chi connectivity index (χ0v) is 11.1. The van der Waals surface area contributed by atoms with Crippen molar-refractivity contribution in [1.29, 1.82) is 0 Å². The van der Waals surface area contributed by atoms with Crippen LogP contribution in [-0.4, -0.2) is 11.4 Å². The number of nitrogens with zero attached hydrogens (tertiary/aromatic N) is 1. The molecule has 4 heteroatoms. The van der Waals surface area contributed by atoms with Crippen LogP contribution in [0, 0.1) is 11.6 Å². The maximum atomic E-state index is 13.1. The van der Waals surface area contributed by atoms with Crippen molar-refractivity contribution in [3.05, 3.63) is 64.7 Å². The fourth-order valence-electron chi connectivity index (χ4n) is 2.69. The first kappa shape index (κ1) is 13.1. The fourth-order valence-corrected chi connectivity index (χ4v) is 2.69. The van der Waals surface area contributed by atoms with Crippen molar-refractivity contribution >= 4 is 5.69 Å². The van der Waals surface area contributed by atoms with E-state index < -0.39 is 11.6 Å². The van der Waals surface area contributed by atoms with Crippen molar-refractivity contribution in [2.24, 2.45) is 0 Å². The molecule has 0 saturated carbocycles. The molecule has 1 aliphatic rings. The lowest BCUT2D eigenvalue weighted by atomic mass is 10.1. The van der Waals surface area contributed by atoms with Crippen LogP contribution < -0.4 is 5.73 Å². The van der Waals surface area contributed by atoms with Gasteiger partial charge < -0.3 is 5.73 Å². The second kappa shape index (κ2) is 5.21. The summed E-state index contributed by atoms with van der Waals surface area (Å²) in [5, 5.41) is 0. The molecule has 0 amide bonds. The lowest BCUT2D eigenvalue weighted by molar-refractivity contribution is 0.288. The first-order valence-electron chi connectivity index (χ1n) is 6.65. The largest absolute Gasteiger partial charge is 0.399 e. The summed E-state index contributed by atoms with van der Waals surface area (Å²) >= 11 is 0. The van der Waals surface area contributed by atoms with Gasteiger partial charge in [0.15, 0.2) is 0 Å². The highest BCUT2D eigenvalue weighted by Gasteiger charge is 2.18. The van der Waals surface area contributed by atoms with Crippen molar-refractivity contribution in [3.8, 4) is 0 Å². The van der Waals surface area contributed by atoms with Crippen LogP contribution in [0.3, 0.4) is 0 Å². The summed E-state index contributed by atoms with van der Waals surface area (Å²) in [5.74, 6) is -1.03. The topological polar surface area (TPSA) is 29.3 Å². The second-order valence-electron chi connectivity index (χ2n) is 5.27. The van der Waals surface area contributed by atoms with Crippen LogP contribution >= 0.6 is 0 Å². The Bertz CT molecular complexity index is 620. The molecule has 0 bridgehead atoms. The average molecular weight is 274 g/mol. The maximum absolute atomic E-state index is 13.1. The highest BCUT2D eigenvalue weighted by atomic mass is 19.1. The molecular weight excluding hydrogens is 258 g/mol. The predicted molar refractivity (Wildman–Crippen MR) is 75.0 cm³/mol. The van der Waals surface area contributed by atoms with Gasteiger partial charge in [0.2, 0.25) is 0 Å². The molecule has 3 rings (SSSR count). The third-order valence-corrected chi connectivity index (χ3v) is 3.66. The molecule has 0 aliphatic carbocycles. The molecule has 2 N–H and O–H groups in total. The first-order chi connectivity index (χ1) is 9.60. The van der Waals surface area contributed by atoms with Crippen molar-refractivity contribution in [2.45, 2.75) is 19.5 Å². The van der Waals surface area contributed by atoms with Crippen LogP contribution in [0.15, 0.2) is 36.4 Å². The van der Waals surface area contributed by atoms with Crippen molar-refractivity contribution < 1.29 is 8.78 Å². The monoisotopic (exact) mass is 274 g/mol. The molecule has 2 aromatic carbocycles. The number of halogens is 2. The summed E-state index contributed by atoms with van der Waals surface area (Å²) in [6.45, 7) is 2.49. The summed E-state index contributed by atoms with van der Waals surface area (Å²) in [6.07, 6.45) is 0.637. The van der Waals surface area contributed by atoms with Crippen molar-refractivity contribution in [3.63, 3.8) is 0 Å². The summed E-state index contributed by atoms with van der Waals surface area (Å²) in [7, 11) is 0. The van der Waals surface area contributed by atoms with Gasteiger partial charge in [-0.3, -0.25) is 4.90 Å². The molecule has 0 aromatic heterocycles. The summed E-state index contributed by atoms with van der Waals surface area (Å²) in [5.41, 5.74) is 9.77. The Balaban J connectivity index is 1.63. The van der Waals surface area contributed by atoms with Crippen molar-refractivity contribution in [2.75, 3.05) is 12.3 Å². The van der Waals surface area contributed by atoms with Crippen LogP contribution in [0.1, 0.15) is 16.7 Å². The first-order valence-corrected chi connectivity index (χ1v) is 6.65. The Morgan fingerprint density at radius 3 is 2.40 bits per heavy atom. The van der Waals surface area contributed by atoms with E-state index in [1.807, 2.05) is 18.2 Å². The summed E-state index contributed by atoms with van der Waals surface area (Å²) in [6, 6.07) is 9.64. The van der Waals surface area contributed by atoms with E-state index in [2.05, 4.69) is 4.90 Å². The molecule has 0 spiro atoms. The molecule has 1 aliphatic heterocycles. The summed E-state index contributed by atoms with van der Waals surface area (Å²) < 4.78 is 26.2. The van der Waals surface area contributed by atoms with Gasteiger partial charge in [-0.2, -0.15) is 0 Å². The molecule has 0 radical (unpaired) electrons. The Hall–Kier alpha value is -1.94. The summed E-state index contributed by atoms with van der Waals surface area (Å²) in [4.78, 5) is 2.26. The third kappa shape index (κ3) is 2.80. The molecule has 2 aromatic rings. The highest BCUT2D eigenvalue weighted by Crippen LogP contribution is 2.24. The van der Waals surface area contributed by atoms with E-state index in [4.69, 9.17) is 5.73 Å². The number of nitrogen functional groups attached to an aromatic ring is 1. The molecule has 104 valence electrons. The van der Waals surface area contributed by atoms with Crippen LogP contribution in [0.5, 0.6) is 0 Å². The minimum Gasteiger partial charge on any atom is -0.399 e. The molecule has 0 fully saturated rings. The number of rotatable bonds is 3. The zero-order chi connectivity index (χ0) is 14.1. The molecule has 0 unspecified atom stereocenters. The normalized spacial score (nSPS) is 14.5. The van der Waals surface area contributed by atoms with Crippen LogP contribution in [0.4, 0.5) is 14.5 Å². The Kier molecular flexibility index (Phi) is 3.40. The maximum Gasteiger partial charge on any atom is 0.126 e. The second-order valence-corrected chi connectivity index (χ2v) is 5.27. The molecule has 0 saturated heterocycles. The van der Waals surface area contributed by atoms with Crippen LogP contribution in [0.2, 0.25) is 0 Å². The van der Waals surface area contributed by atoms with E-state index in [0.29, 0.717) is 12.0 Å². The molecular formula is C16H16F2N2. The van der Waals surface area contributed by atoms with Gasteiger partial charge in [0, 0.05) is 31.4 Å². The fraction of sp³-hybridized carbons (Fsp3) is 0.250. The number of fused-ring (bicyclic) bond motifs is 1. The van der Waals surface area contributed by atoms with E-state index >= 15 is 0 Å². The Labute approximate surface area is 116 Å². The van der Waals surface area contributed by atoms with E-state index in [1.54, 1.807) is 0 Å². The van der Waals surface area contributed by atoms with E-state index in [9.17, 15) is 8.78 Å². The lowest BCUT2D eigenvalue weighted by Gasteiger charge is -2.14. The average Bonchev–Trinajstić information content (AvgIpc) is 2.77. The van der Waals surface area contributed by atoms with Gasteiger partial charge in [0.25, 0.3) is 0 Å². The van der Waals surface area contributed by atoms with Crippen LogP contribution in [-0.2, 0) is 19.5 Å². The highest BCUT2D eigenvalue weighted by molar-refractivity contribution is 5.46. The smallest absolute Gasteiger partial charge is 0.126 e. The molecule has 0 atom stereocenters. The Morgan fingerprint density at radius 2 is 1.65 bits per heavy atom. The van der Waals surface area contributed by atoms with Gasteiger partial charge in [-0.15, -0.1) is 0 Å². The van der Waals surface area contributed by atoms with E-state index in [1.165, 1.54) is 23.3 Å². The van der Waals surface area contributed by atoms with Crippen LogP contribution in [0.25, 0.3) is 0 Å². The van der Waals surface area contributed by atoms with Gasteiger partial charge in [0.1, 0.15) is 11.6 Å². The van der Waals surface area contributed by atoms with E-state index in [0.717, 1.165) is 31.4 Å². The Morgan fingerprint density at radius 1 is 0.950 bits per heavy atom. The number of anilines is 1. The van der Waals surface area contributed by atoms with Gasteiger partial charge in [-0.25, -0.2) is 8.78 Å². The van der Waals surface area contributed by atoms with Crippen molar-refractivity contribution in [1.82, 2.24) is 4.90 Å². The van der Waals surface area contributed by atoms with Gasteiger partial charge >= 0.3 is 0 Å². The molecule has 20 heavy (non-hydrogen) atoms. The van der Waals surface area contributed by atoms with Gasteiger partial charge in [-0.1, -0.05) is 6.07 Å². The van der Waals surface area contributed by atoms with Gasteiger partial charge in [0.05, 0.1) is 0 Å². The quantitative estimate of drug-likeness (QED) is 0.871.